The molecule has 1 amide bonds. The summed E-state index contributed by atoms with van der Waals surface area (Å²) in [7, 11) is 1.51. The average molecular weight is 225 g/mol. The minimum atomic E-state index is -2.68. The summed E-state index contributed by atoms with van der Waals surface area (Å²) in [5.41, 5.74) is 0.728. The Balaban J connectivity index is 2.53. The maximum Gasteiger partial charge on any atom is 0.333 e. The number of alkyl halides is 2. The van der Waals surface area contributed by atoms with Crippen LogP contribution in [0.2, 0.25) is 0 Å². The van der Waals surface area contributed by atoms with Crippen molar-refractivity contribution in [2.45, 2.75) is 6.55 Å². The summed E-state index contributed by atoms with van der Waals surface area (Å²) in [6.45, 7) is -2.68. The fourth-order valence-electron chi connectivity index (χ4n) is 1.49. The molecule has 16 heavy (non-hydrogen) atoms. The first-order valence-corrected chi connectivity index (χ1v) is 4.61. The van der Waals surface area contributed by atoms with Crippen molar-refractivity contribution in [1.29, 1.82) is 0 Å². The molecule has 2 rings (SSSR count). The molecule has 0 saturated carbocycles. The van der Waals surface area contributed by atoms with E-state index in [-0.39, 0.29) is 5.91 Å². The normalized spacial score (nSPS) is 11.0. The summed E-state index contributed by atoms with van der Waals surface area (Å²) in [5.74, 6) is -0.258. The highest BCUT2D eigenvalue weighted by atomic mass is 19.3. The van der Waals surface area contributed by atoms with Crippen LogP contribution < -0.4 is 5.32 Å². The maximum atomic E-state index is 12.5. The predicted molar refractivity (Wildman–Crippen MR) is 54.4 cm³/mol. The van der Waals surface area contributed by atoms with Gasteiger partial charge in [0.15, 0.2) is 0 Å². The molecule has 0 radical (unpaired) electrons. The van der Waals surface area contributed by atoms with Crippen LogP contribution >= 0.6 is 0 Å². The van der Waals surface area contributed by atoms with Crippen molar-refractivity contribution in [3.63, 3.8) is 0 Å². The number of halogens is 2. The highest BCUT2D eigenvalue weighted by Gasteiger charge is 2.12. The van der Waals surface area contributed by atoms with Gasteiger partial charge in [0.25, 0.3) is 5.91 Å². The summed E-state index contributed by atoms with van der Waals surface area (Å²) >= 11 is 0. The van der Waals surface area contributed by atoms with Crippen LogP contribution in [0.1, 0.15) is 16.9 Å². The second-order valence-corrected chi connectivity index (χ2v) is 3.22. The van der Waals surface area contributed by atoms with Crippen LogP contribution in [0.3, 0.4) is 0 Å². The van der Waals surface area contributed by atoms with Gasteiger partial charge in [-0.15, -0.1) is 0 Å². The van der Waals surface area contributed by atoms with Gasteiger partial charge in [0.1, 0.15) is 0 Å². The molecule has 4 nitrogen and oxygen atoms in total. The average Bonchev–Trinajstić information content (AvgIpc) is 2.70. The first-order chi connectivity index (χ1) is 7.63. The van der Waals surface area contributed by atoms with Crippen LogP contribution in [0.4, 0.5) is 8.78 Å². The molecule has 1 heterocycles. The summed E-state index contributed by atoms with van der Waals surface area (Å²) in [4.78, 5) is 11.3. The Morgan fingerprint density at radius 3 is 2.88 bits per heavy atom. The Hall–Kier alpha value is -1.98. The number of nitrogens with one attached hydrogen (secondary N) is 1. The third-order valence-corrected chi connectivity index (χ3v) is 2.27. The molecule has 0 aliphatic heterocycles. The Morgan fingerprint density at radius 1 is 1.50 bits per heavy atom. The summed E-state index contributed by atoms with van der Waals surface area (Å²) in [6.07, 6.45) is 1.31. The van der Waals surface area contributed by atoms with E-state index in [2.05, 4.69) is 10.4 Å². The molecule has 0 aliphatic carbocycles. The van der Waals surface area contributed by atoms with Gasteiger partial charge in [0, 0.05) is 18.0 Å². The van der Waals surface area contributed by atoms with Gasteiger partial charge in [0.2, 0.25) is 0 Å². The zero-order chi connectivity index (χ0) is 11.7. The lowest BCUT2D eigenvalue weighted by atomic mass is 10.1. The van der Waals surface area contributed by atoms with Gasteiger partial charge in [-0.05, 0) is 18.2 Å². The lowest BCUT2D eigenvalue weighted by Crippen LogP contribution is -2.17. The van der Waals surface area contributed by atoms with E-state index in [0.29, 0.717) is 21.1 Å². The molecule has 6 heteroatoms. The first kappa shape index (κ1) is 10.5. The standard InChI is InChI=1S/C10H9F2N3O/c1-13-9(16)6-2-3-8-7(4-6)5-14-15(8)10(11)12/h2-5,10H,1H3,(H,13,16). The predicted octanol–water partition coefficient (Wildman–Crippen LogP) is 1.79. The zero-order valence-electron chi connectivity index (χ0n) is 8.45. The third kappa shape index (κ3) is 1.62. The largest absolute Gasteiger partial charge is 0.355 e. The highest BCUT2D eigenvalue weighted by molar-refractivity contribution is 5.97. The first-order valence-electron chi connectivity index (χ1n) is 4.61. The highest BCUT2D eigenvalue weighted by Crippen LogP contribution is 2.20. The smallest absolute Gasteiger partial charge is 0.333 e. The number of fused-ring (bicyclic) bond motifs is 1. The van der Waals surface area contributed by atoms with Crippen LogP contribution in [0, 0.1) is 0 Å². The fourth-order valence-corrected chi connectivity index (χ4v) is 1.49. The number of benzene rings is 1. The van der Waals surface area contributed by atoms with E-state index in [1.54, 1.807) is 0 Å². The second kappa shape index (κ2) is 3.88. The number of carbonyl (C=O) groups is 1. The SMILES string of the molecule is CNC(=O)c1ccc2c(cnn2C(F)F)c1. The molecule has 0 atom stereocenters. The Morgan fingerprint density at radius 2 is 2.25 bits per heavy atom. The van der Waals surface area contributed by atoms with E-state index < -0.39 is 6.55 Å². The van der Waals surface area contributed by atoms with Gasteiger partial charge in [-0.3, -0.25) is 4.79 Å². The molecule has 1 aromatic carbocycles. The molecule has 0 saturated heterocycles. The number of rotatable bonds is 2. The quantitative estimate of drug-likeness (QED) is 0.846. The van der Waals surface area contributed by atoms with E-state index in [0.717, 1.165) is 0 Å². The molecular formula is C10H9F2N3O. The van der Waals surface area contributed by atoms with Crippen molar-refractivity contribution in [1.82, 2.24) is 15.1 Å². The zero-order valence-corrected chi connectivity index (χ0v) is 8.45. The molecule has 0 bridgehead atoms. The topological polar surface area (TPSA) is 46.9 Å². The number of hydrogen-bond acceptors (Lipinski definition) is 2. The molecule has 2 aromatic rings. The van der Waals surface area contributed by atoms with E-state index in [1.165, 1.54) is 31.4 Å². The van der Waals surface area contributed by atoms with E-state index in [1.807, 2.05) is 0 Å². The summed E-state index contributed by atoms with van der Waals surface area (Å²) in [5, 5.41) is 6.53. The third-order valence-electron chi connectivity index (χ3n) is 2.27. The summed E-state index contributed by atoms with van der Waals surface area (Å²) < 4.78 is 25.6. The Labute approximate surface area is 89.9 Å². The monoisotopic (exact) mass is 225 g/mol. The van der Waals surface area contributed by atoms with Crippen LogP contribution in [-0.2, 0) is 0 Å². The van der Waals surface area contributed by atoms with E-state index >= 15 is 0 Å². The van der Waals surface area contributed by atoms with Gasteiger partial charge in [-0.25, -0.2) is 4.68 Å². The van der Waals surface area contributed by atoms with Gasteiger partial charge in [-0.1, -0.05) is 0 Å². The molecular weight excluding hydrogens is 216 g/mol. The van der Waals surface area contributed by atoms with Crippen molar-refractivity contribution >= 4 is 16.8 Å². The minimum Gasteiger partial charge on any atom is -0.355 e. The van der Waals surface area contributed by atoms with Crippen molar-refractivity contribution < 1.29 is 13.6 Å². The van der Waals surface area contributed by atoms with E-state index in [4.69, 9.17) is 0 Å². The van der Waals surface area contributed by atoms with Crippen LogP contribution in [0.25, 0.3) is 10.9 Å². The molecule has 84 valence electrons. The van der Waals surface area contributed by atoms with Crippen LogP contribution in [0.15, 0.2) is 24.4 Å². The van der Waals surface area contributed by atoms with Gasteiger partial charge >= 0.3 is 6.55 Å². The lowest BCUT2D eigenvalue weighted by Gasteiger charge is -2.02. The fraction of sp³-hybridized carbons (Fsp3) is 0.200. The Bertz CT molecular complexity index is 536. The summed E-state index contributed by atoms with van der Waals surface area (Å²) in [6, 6.07) is 4.47. The van der Waals surface area contributed by atoms with Crippen molar-refractivity contribution in [2.24, 2.45) is 0 Å². The molecule has 0 fully saturated rings. The number of amides is 1. The lowest BCUT2D eigenvalue weighted by molar-refractivity contribution is 0.0615. The van der Waals surface area contributed by atoms with Gasteiger partial charge in [0.05, 0.1) is 11.7 Å². The maximum absolute atomic E-state index is 12.5. The number of aromatic nitrogens is 2. The number of nitrogens with zero attached hydrogens (tertiary/aromatic N) is 2. The molecule has 0 unspecified atom stereocenters. The van der Waals surface area contributed by atoms with Crippen LogP contribution in [0.5, 0.6) is 0 Å². The molecule has 1 aromatic heterocycles. The molecule has 0 spiro atoms. The van der Waals surface area contributed by atoms with Crippen molar-refractivity contribution in [3.05, 3.63) is 30.0 Å². The Kier molecular flexibility index (Phi) is 2.55. The van der Waals surface area contributed by atoms with Gasteiger partial charge < -0.3 is 5.32 Å². The number of hydrogen-bond donors (Lipinski definition) is 1. The number of carbonyl (C=O) groups excluding carboxylic acids is 1. The van der Waals surface area contributed by atoms with Gasteiger partial charge in [-0.2, -0.15) is 13.9 Å². The molecule has 0 aliphatic rings. The van der Waals surface area contributed by atoms with Crippen LogP contribution in [-0.4, -0.2) is 22.7 Å². The van der Waals surface area contributed by atoms with Crippen molar-refractivity contribution in [3.8, 4) is 0 Å². The minimum absolute atomic E-state index is 0.258. The molecule has 1 N–H and O–H groups in total. The van der Waals surface area contributed by atoms with E-state index in [9.17, 15) is 13.6 Å². The van der Waals surface area contributed by atoms with Crippen molar-refractivity contribution in [2.75, 3.05) is 7.05 Å². The second-order valence-electron chi connectivity index (χ2n) is 3.22.